The highest BCUT2D eigenvalue weighted by molar-refractivity contribution is 5.99. The van der Waals surface area contributed by atoms with Crippen LogP contribution in [0.25, 0.3) is 16.7 Å². The molecule has 0 saturated carbocycles. The minimum atomic E-state index is -0.237. The summed E-state index contributed by atoms with van der Waals surface area (Å²) >= 11 is 0. The van der Waals surface area contributed by atoms with E-state index in [-0.39, 0.29) is 24.5 Å². The molecular weight excluding hydrogens is 388 g/mol. The first-order chi connectivity index (χ1) is 14.9. The molecule has 2 heterocycles. The Morgan fingerprint density at radius 1 is 0.903 bits per heavy atom. The van der Waals surface area contributed by atoms with Crippen molar-refractivity contribution in [2.75, 3.05) is 5.32 Å². The molecule has 31 heavy (non-hydrogen) atoms. The number of hydrogen-bond acceptors (Lipinski definition) is 4. The molecule has 0 aliphatic rings. The van der Waals surface area contributed by atoms with Crippen LogP contribution >= 0.6 is 0 Å². The SMILES string of the molecule is Cc1cc(NC(=O)CCC(=O)c2ccccc2)n(-c2cc(C)c3cccc(C)c3n2)n1. The van der Waals surface area contributed by atoms with Crippen LogP contribution in [0, 0.1) is 20.8 Å². The predicted octanol–water partition coefficient (Wildman–Crippen LogP) is 4.95. The molecule has 6 heteroatoms. The van der Waals surface area contributed by atoms with Crippen molar-refractivity contribution in [3.63, 3.8) is 0 Å². The van der Waals surface area contributed by atoms with E-state index in [2.05, 4.69) is 16.5 Å². The number of Topliss-reactive ketones (excluding diaryl/α,β-unsaturated/α-hetero) is 1. The molecule has 4 aromatic rings. The number of pyridine rings is 1. The number of carbonyl (C=O) groups excluding carboxylic acids is 2. The van der Waals surface area contributed by atoms with Crippen LogP contribution in [0.4, 0.5) is 5.82 Å². The number of carbonyl (C=O) groups is 2. The number of nitrogens with one attached hydrogen (secondary N) is 1. The van der Waals surface area contributed by atoms with Crippen LogP contribution in [0.1, 0.15) is 40.0 Å². The molecule has 0 saturated heterocycles. The van der Waals surface area contributed by atoms with Crippen molar-refractivity contribution in [3.8, 4) is 5.82 Å². The lowest BCUT2D eigenvalue weighted by Gasteiger charge is -2.11. The summed E-state index contributed by atoms with van der Waals surface area (Å²) in [6, 6.07) is 18.9. The van der Waals surface area contributed by atoms with Gasteiger partial charge in [-0.3, -0.25) is 9.59 Å². The van der Waals surface area contributed by atoms with Gasteiger partial charge in [0.05, 0.1) is 11.2 Å². The third kappa shape index (κ3) is 4.38. The fourth-order valence-corrected chi connectivity index (χ4v) is 3.62. The maximum absolute atomic E-state index is 12.5. The van der Waals surface area contributed by atoms with Gasteiger partial charge in [0.1, 0.15) is 5.82 Å². The first-order valence-corrected chi connectivity index (χ1v) is 10.2. The van der Waals surface area contributed by atoms with Gasteiger partial charge in [0, 0.05) is 29.9 Å². The molecule has 156 valence electrons. The molecule has 4 rings (SSSR count). The van der Waals surface area contributed by atoms with Gasteiger partial charge in [-0.05, 0) is 38.0 Å². The van der Waals surface area contributed by atoms with Crippen molar-refractivity contribution in [2.24, 2.45) is 0 Å². The van der Waals surface area contributed by atoms with Crippen LogP contribution in [0.3, 0.4) is 0 Å². The molecule has 6 nitrogen and oxygen atoms in total. The van der Waals surface area contributed by atoms with Crippen LogP contribution in [0.2, 0.25) is 0 Å². The molecule has 2 aromatic heterocycles. The molecule has 0 unspecified atom stereocenters. The molecule has 1 N–H and O–H groups in total. The second-order valence-electron chi connectivity index (χ2n) is 7.69. The number of benzene rings is 2. The number of rotatable bonds is 6. The van der Waals surface area contributed by atoms with Crippen molar-refractivity contribution < 1.29 is 9.59 Å². The summed E-state index contributed by atoms with van der Waals surface area (Å²) < 4.78 is 1.64. The lowest BCUT2D eigenvalue weighted by Crippen LogP contribution is -2.16. The van der Waals surface area contributed by atoms with Crippen molar-refractivity contribution >= 4 is 28.4 Å². The highest BCUT2D eigenvalue weighted by Gasteiger charge is 2.15. The van der Waals surface area contributed by atoms with Crippen LogP contribution < -0.4 is 5.32 Å². The van der Waals surface area contributed by atoms with E-state index < -0.39 is 0 Å². The number of hydrogen-bond donors (Lipinski definition) is 1. The molecule has 0 bridgehead atoms. The Bertz CT molecular complexity index is 1280. The number of amides is 1. The molecule has 0 aliphatic carbocycles. The summed E-state index contributed by atoms with van der Waals surface area (Å²) in [4.78, 5) is 29.6. The van der Waals surface area contributed by atoms with Gasteiger partial charge in [-0.2, -0.15) is 9.78 Å². The third-order valence-corrected chi connectivity index (χ3v) is 5.23. The number of para-hydroxylation sites is 1. The molecule has 0 spiro atoms. The topological polar surface area (TPSA) is 76.9 Å². The molecule has 0 fully saturated rings. The predicted molar refractivity (Wildman–Crippen MR) is 122 cm³/mol. The maximum Gasteiger partial charge on any atom is 0.225 e. The molecular formula is C25H24N4O2. The van der Waals surface area contributed by atoms with Crippen LogP contribution in [-0.2, 0) is 4.79 Å². The normalized spacial score (nSPS) is 10.9. The number of nitrogens with zero attached hydrogens (tertiary/aromatic N) is 3. The van der Waals surface area contributed by atoms with Gasteiger partial charge in [-0.25, -0.2) is 4.98 Å². The summed E-state index contributed by atoms with van der Waals surface area (Å²) in [6.45, 7) is 5.93. The summed E-state index contributed by atoms with van der Waals surface area (Å²) in [5.74, 6) is 0.888. The van der Waals surface area contributed by atoms with E-state index in [1.807, 2.05) is 57.2 Å². The number of ketones is 1. The van der Waals surface area contributed by atoms with E-state index in [1.165, 1.54) is 0 Å². The number of fused-ring (bicyclic) bond motifs is 1. The largest absolute Gasteiger partial charge is 0.311 e. The smallest absolute Gasteiger partial charge is 0.225 e. The fraction of sp³-hybridized carbons (Fsp3) is 0.200. The van der Waals surface area contributed by atoms with E-state index >= 15 is 0 Å². The van der Waals surface area contributed by atoms with Gasteiger partial charge in [-0.1, -0.05) is 48.5 Å². The molecule has 1 amide bonds. The minimum absolute atomic E-state index is 0.0530. The van der Waals surface area contributed by atoms with Crippen molar-refractivity contribution in [3.05, 3.63) is 83.0 Å². The number of anilines is 1. The van der Waals surface area contributed by atoms with Gasteiger partial charge in [0.2, 0.25) is 5.91 Å². The summed E-state index contributed by atoms with van der Waals surface area (Å²) in [6.07, 6.45) is 0.247. The highest BCUT2D eigenvalue weighted by Crippen LogP contribution is 2.24. The summed E-state index contributed by atoms with van der Waals surface area (Å²) in [5.41, 5.74) is 4.46. The first kappa shape index (κ1) is 20.5. The van der Waals surface area contributed by atoms with Gasteiger partial charge < -0.3 is 5.32 Å². The van der Waals surface area contributed by atoms with Crippen LogP contribution in [-0.4, -0.2) is 26.5 Å². The Balaban J connectivity index is 1.55. The quantitative estimate of drug-likeness (QED) is 0.455. The van der Waals surface area contributed by atoms with Crippen molar-refractivity contribution in [1.82, 2.24) is 14.8 Å². The zero-order valence-electron chi connectivity index (χ0n) is 17.8. The Hall–Kier alpha value is -3.80. The Morgan fingerprint density at radius 3 is 2.45 bits per heavy atom. The molecule has 0 aliphatic heterocycles. The number of aromatic nitrogens is 3. The molecule has 0 atom stereocenters. The van der Waals surface area contributed by atoms with Crippen molar-refractivity contribution in [1.29, 1.82) is 0 Å². The summed E-state index contributed by atoms with van der Waals surface area (Å²) in [7, 11) is 0. The first-order valence-electron chi connectivity index (χ1n) is 10.2. The van der Waals surface area contributed by atoms with Gasteiger partial charge in [0.25, 0.3) is 0 Å². The Kier molecular flexibility index (Phi) is 5.62. The standard InChI is InChI=1S/C25H24N4O2/c1-16-8-7-11-20-17(2)14-22(27-25(16)20)29-23(15-18(3)28-29)26-24(31)13-12-21(30)19-9-5-4-6-10-19/h4-11,14-15H,12-13H2,1-3H3,(H,26,31). The van der Waals surface area contributed by atoms with E-state index in [1.54, 1.807) is 22.9 Å². The zero-order valence-corrected chi connectivity index (χ0v) is 17.8. The third-order valence-electron chi connectivity index (χ3n) is 5.23. The Morgan fingerprint density at radius 2 is 1.68 bits per heavy atom. The monoisotopic (exact) mass is 412 g/mol. The average Bonchev–Trinajstić information content (AvgIpc) is 3.13. The zero-order chi connectivity index (χ0) is 22.0. The van der Waals surface area contributed by atoms with E-state index in [4.69, 9.17) is 4.98 Å². The van der Waals surface area contributed by atoms with E-state index in [9.17, 15) is 9.59 Å². The van der Waals surface area contributed by atoms with E-state index in [0.717, 1.165) is 27.7 Å². The van der Waals surface area contributed by atoms with Crippen molar-refractivity contribution in [2.45, 2.75) is 33.6 Å². The lowest BCUT2D eigenvalue weighted by molar-refractivity contribution is -0.116. The minimum Gasteiger partial charge on any atom is -0.311 e. The second kappa shape index (κ2) is 8.52. The average molecular weight is 412 g/mol. The lowest BCUT2D eigenvalue weighted by atomic mass is 10.1. The van der Waals surface area contributed by atoms with Gasteiger partial charge >= 0.3 is 0 Å². The Labute approximate surface area is 180 Å². The van der Waals surface area contributed by atoms with Crippen LogP contribution in [0.15, 0.2) is 60.7 Å². The maximum atomic E-state index is 12.5. The molecule has 2 aromatic carbocycles. The second-order valence-corrected chi connectivity index (χ2v) is 7.69. The van der Waals surface area contributed by atoms with E-state index in [0.29, 0.717) is 17.2 Å². The highest BCUT2D eigenvalue weighted by atomic mass is 16.2. The molecule has 0 radical (unpaired) electrons. The number of aryl methyl sites for hydroxylation is 3. The van der Waals surface area contributed by atoms with Gasteiger partial charge in [-0.15, -0.1) is 0 Å². The van der Waals surface area contributed by atoms with Gasteiger partial charge in [0.15, 0.2) is 11.6 Å². The summed E-state index contributed by atoms with van der Waals surface area (Å²) in [5, 5.41) is 8.51. The fourth-order valence-electron chi connectivity index (χ4n) is 3.62. The van der Waals surface area contributed by atoms with Crippen LogP contribution in [0.5, 0.6) is 0 Å².